The summed E-state index contributed by atoms with van der Waals surface area (Å²) in [6.45, 7) is 0.572. The van der Waals surface area contributed by atoms with Crippen molar-refractivity contribution in [2.45, 2.75) is 6.42 Å². The van der Waals surface area contributed by atoms with Crippen molar-refractivity contribution in [3.63, 3.8) is 0 Å². The largest absolute Gasteiger partial charge is 0.464 e. The Balaban J connectivity index is 1.92. The molecular formula is C13H13NO3S. The smallest absolute Gasteiger partial charge is 0.235 e. The van der Waals surface area contributed by atoms with Crippen LogP contribution in [0.25, 0.3) is 11.3 Å². The molecule has 0 aliphatic carbocycles. The van der Waals surface area contributed by atoms with E-state index in [1.165, 1.54) is 4.31 Å². The van der Waals surface area contributed by atoms with E-state index in [2.05, 4.69) is 0 Å². The van der Waals surface area contributed by atoms with Gasteiger partial charge in [-0.3, -0.25) is 4.31 Å². The topological polar surface area (TPSA) is 50.5 Å². The van der Waals surface area contributed by atoms with Crippen LogP contribution in [0.15, 0.2) is 47.1 Å². The predicted molar refractivity (Wildman–Crippen MR) is 69.9 cm³/mol. The molecule has 0 saturated carbocycles. The van der Waals surface area contributed by atoms with Gasteiger partial charge >= 0.3 is 0 Å². The molecule has 1 aliphatic rings. The number of rotatable bonds is 2. The number of sulfonamides is 1. The van der Waals surface area contributed by atoms with Gasteiger partial charge in [0, 0.05) is 12.1 Å². The summed E-state index contributed by atoms with van der Waals surface area (Å²) in [6, 6.07) is 11.1. The van der Waals surface area contributed by atoms with Crippen molar-refractivity contribution in [2.24, 2.45) is 0 Å². The zero-order chi connectivity index (χ0) is 12.6. The molecule has 0 unspecified atom stereocenters. The molecule has 0 N–H and O–H groups in total. The molecule has 2 aromatic rings. The molecule has 94 valence electrons. The maximum Gasteiger partial charge on any atom is 0.235 e. The average Bonchev–Trinajstić information content (AvgIpc) is 2.98. The zero-order valence-electron chi connectivity index (χ0n) is 9.74. The summed E-state index contributed by atoms with van der Waals surface area (Å²) in [6.07, 6.45) is 2.32. The van der Waals surface area contributed by atoms with Crippen molar-refractivity contribution < 1.29 is 12.8 Å². The molecule has 0 spiro atoms. The molecule has 1 saturated heterocycles. The third-order valence-corrected chi connectivity index (χ3v) is 4.93. The third-order valence-electron chi connectivity index (χ3n) is 3.06. The van der Waals surface area contributed by atoms with Gasteiger partial charge in [0.25, 0.3) is 0 Å². The number of hydrogen-bond acceptors (Lipinski definition) is 3. The molecule has 0 atom stereocenters. The summed E-state index contributed by atoms with van der Waals surface area (Å²) in [5.41, 5.74) is 1.67. The Morgan fingerprint density at radius 2 is 1.89 bits per heavy atom. The highest BCUT2D eigenvalue weighted by Crippen LogP contribution is 2.27. The molecule has 0 radical (unpaired) electrons. The maximum absolute atomic E-state index is 11.8. The first kappa shape index (κ1) is 11.3. The molecule has 1 aliphatic heterocycles. The van der Waals surface area contributed by atoms with Gasteiger partial charge in [0.1, 0.15) is 5.76 Å². The van der Waals surface area contributed by atoms with Crippen LogP contribution in [0.4, 0.5) is 5.69 Å². The fraction of sp³-hybridized carbons (Fsp3) is 0.231. The van der Waals surface area contributed by atoms with Crippen molar-refractivity contribution in [3.8, 4) is 11.3 Å². The van der Waals surface area contributed by atoms with Crippen molar-refractivity contribution >= 4 is 15.7 Å². The molecule has 0 bridgehead atoms. The van der Waals surface area contributed by atoms with E-state index in [0.717, 1.165) is 17.0 Å². The Morgan fingerprint density at radius 3 is 2.44 bits per heavy atom. The molecule has 1 aromatic carbocycles. The van der Waals surface area contributed by atoms with Crippen molar-refractivity contribution in [1.29, 1.82) is 0 Å². The SMILES string of the molecule is O=S1(=O)CCCN1c1ccc(-c2ccco2)cc1. The first-order valence-electron chi connectivity index (χ1n) is 5.81. The molecule has 1 aromatic heterocycles. The van der Waals surface area contributed by atoms with Crippen molar-refractivity contribution in [1.82, 2.24) is 0 Å². The highest BCUT2D eigenvalue weighted by molar-refractivity contribution is 7.93. The summed E-state index contributed by atoms with van der Waals surface area (Å²) in [5.74, 6) is 1.03. The van der Waals surface area contributed by atoms with Crippen LogP contribution < -0.4 is 4.31 Å². The average molecular weight is 263 g/mol. The molecular weight excluding hydrogens is 250 g/mol. The maximum atomic E-state index is 11.8. The minimum absolute atomic E-state index is 0.243. The second-order valence-electron chi connectivity index (χ2n) is 4.27. The fourth-order valence-corrected chi connectivity index (χ4v) is 3.73. The van der Waals surface area contributed by atoms with E-state index in [1.807, 2.05) is 36.4 Å². The normalized spacial score (nSPS) is 18.1. The standard InChI is InChI=1S/C13H13NO3S/c15-18(16)10-2-8-14(18)12-6-4-11(5-7-12)13-3-1-9-17-13/h1,3-7,9H,2,8,10H2. The monoisotopic (exact) mass is 263 g/mol. The van der Waals surface area contributed by atoms with E-state index >= 15 is 0 Å². The van der Waals surface area contributed by atoms with Crippen LogP contribution >= 0.6 is 0 Å². The van der Waals surface area contributed by atoms with E-state index in [1.54, 1.807) is 6.26 Å². The molecule has 4 nitrogen and oxygen atoms in total. The Kier molecular flexibility index (Phi) is 2.63. The molecule has 18 heavy (non-hydrogen) atoms. The lowest BCUT2D eigenvalue weighted by molar-refractivity contribution is 0.582. The van der Waals surface area contributed by atoms with Gasteiger partial charge in [-0.15, -0.1) is 0 Å². The fourth-order valence-electron chi connectivity index (χ4n) is 2.16. The van der Waals surface area contributed by atoms with Gasteiger partial charge in [-0.25, -0.2) is 8.42 Å². The molecule has 2 heterocycles. The van der Waals surface area contributed by atoms with E-state index in [-0.39, 0.29) is 5.75 Å². The van der Waals surface area contributed by atoms with Crippen LogP contribution in [0, 0.1) is 0 Å². The quantitative estimate of drug-likeness (QED) is 0.836. The third kappa shape index (κ3) is 1.90. The Bertz CT molecular complexity index is 629. The number of nitrogens with zero attached hydrogens (tertiary/aromatic N) is 1. The zero-order valence-corrected chi connectivity index (χ0v) is 10.6. The van der Waals surface area contributed by atoms with Gasteiger partial charge in [-0.05, 0) is 42.8 Å². The highest BCUT2D eigenvalue weighted by Gasteiger charge is 2.28. The van der Waals surface area contributed by atoms with Crippen LogP contribution in [0.3, 0.4) is 0 Å². The van der Waals surface area contributed by atoms with E-state index in [0.29, 0.717) is 13.0 Å². The number of benzene rings is 1. The Hall–Kier alpha value is -1.75. The van der Waals surface area contributed by atoms with Gasteiger partial charge in [0.05, 0.1) is 17.7 Å². The summed E-state index contributed by atoms with van der Waals surface area (Å²) < 4.78 is 30.3. The first-order valence-corrected chi connectivity index (χ1v) is 7.42. The van der Waals surface area contributed by atoms with Crippen LogP contribution in [-0.4, -0.2) is 20.7 Å². The summed E-state index contributed by atoms with van der Waals surface area (Å²) in [4.78, 5) is 0. The number of hydrogen-bond donors (Lipinski definition) is 0. The highest BCUT2D eigenvalue weighted by atomic mass is 32.2. The summed E-state index contributed by atoms with van der Waals surface area (Å²) in [5, 5.41) is 0. The lowest BCUT2D eigenvalue weighted by atomic mass is 10.1. The van der Waals surface area contributed by atoms with Crippen molar-refractivity contribution in [3.05, 3.63) is 42.7 Å². The Morgan fingerprint density at radius 1 is 1.11 bits per heavy atom. The minimum Gasteiger partial charge on any atom is -0.464 e. The minimum atomic E-state index is -3.10. The van der Waals surface area contributed by atoms with Crippen LogP contribution in [0.1, 0.15) is 6.42 Å². The first-order chi connectivity index (χ1) is 8.67. The van der Waals surface area contributed by atoms with Crippen LogP contribution in [-0.2, 0) is 10.0 Å². The summed E-state index contributed by atoms with van der Waals surface area (Å²) >= 11 is 0. The van der Waals surface area contributed by atoms with E-state index in [4.69, 9.17) is 4.42 Å². The van der Waals surface area contributed by atoms with E-state index < -0.39 is 10.0 Å². The van der Waals surface area contributed by atoms with E-state index in [9.17, 15) is 8.42 Å². The second kappa shape index (κ2) is 4.17. The molecule has 3 rings (SSSR count). The predicted octanol–water partition coefficient (Wildman–Crippen LogP) is 2.49. The Labute approximate surface area is 106 Å². The van der Waals surface area contributed by atoms with Gasteiger partial charge in [0.2, 0.25) is 10.0 Å². The second-order valence-corrected chi connectivity index (χ2v) is 6.28. The lowest BCUT2D eigenvalue weighted by Gasteiger charge is -2.16. The van der Waals surface area contributed by atoms with Gasteiger partial charge in [-0.2, -0.15) is 0 Å². The van der Waals surface area contributed by atoms with Crippen molar-refractivity contribution in [2.75, 3.05) is 16.6 Å². The summed E-state index contributed by atoms with van der Waals surface area (Å²) in [7, 11) is -3.10. The van der Waals surface area contributed by atoms with Gasteiger partial charge < -0.3 is 4.42 Å². The lowest BCUT2D eigenvalue weighted by Crippen LogP contribution is -2.24. The van der Waals surface area contributed by atoms with Crippen LogP contribution in [0.5, 0.6) is 0 Å². The van der Waals surface area contributed by atoms with Crippen LogP contribution in [0.2, 0.25) is 0 Å². The molecule has 0 amide bonds. The number of anilines is 1. The molecule has 1 fully saturated rings. The van der Waals surface area contributed by atoms with Gasteiger partial charge in [0.15, 0.2) is 0 Å². The molecule has 5 heteroatoms. The number of furan rings is 1. The van der Waals surface area contributed by atoms with Gasteiger partial charge in [-0.1, -0.05) is 0 Å².